The molecule has 0 saturated carbocycles. The van der Waals surface area contributed by atoms with Crippen molar-refractivity contribution in [3.05, 3.63) is 60.4 Å². The van der Waals surface area contributed by atoms with E-state index in [1.807, 2.05) is 24.3 Å². The Morgan fingerprint density at radius 1 is 1.20 bits per heavy atom. The van der Waals surface area contributed by atoms with Crippen LogP contribution in [0.5, 0.6) is 0 Å². The monoisotopic (exact) mass is 432 g/mol. The van der Waals surface area contributed by atoms with Crippen LogP contribution in [0.3, 0.4) is 0 Å². The standard InChI is InChI=1S/C25H40O4Si/c1-9-14-22(18-21-16-12-11-13-17-21)28-24(27-20(3)26)19-23(15-10-2)29-30(7,8)25(4,5)6/h9,11-13,15-17,22,24H,1,10,14,18-19H2,2-8H3/b23-15-/t22-,24?/m0/s1. The average molecular weight is 433 g/mol. The van der Waals surface area contributed by atoms with Gasteiger partial charge >= 0.3 is 5.97 Å². The Morgan fingerprint density at radius 2 is 1.83 bits per heavy atom. The summed E-state index contributed by atoms with van der Waals surface area (Å²) in [5, 5.41) is 0.0797. The fourth-order valence-electron chi connectivity index (χ4n) is 2.81. The van der Waals surface area contributed by atoms with Gasteiger partial charge in [0, 0.05) is 6.92 Å². The van der Waals surface area contributed by atoms with Crippen LogP contribution in [0.2, 0.25) is 18.1 Å². The van der Waals surface area contributed by atoms with Gasteiger partial charge in [0.1, 0.15) is 0 Å². The van der Waals surface area contributed by atoms with E-state index < -0.39 is 14.6 Å². The lowest BCUT2D eigenvalue weighted by molar-refractivity contribution is -0.187. The van der Waals surface area contributed by atoms with E-state index in [2.05, 4.69) is 65.6 Å². The molecule has 1 aromatic rings. The van der Waals surface area contributed by atoms with Crippen LogP contribution in [-0.2, 0) is 25.1 Å². The van der Waals surface area contributed by atoms with Crippen LogP contribution in [-0.4, -0.2) is 26.7 Å². The van der Waals surface area contributed by atoms with Gasteiger partial charge in [-0.3, -0.25) is 4.79 Å². The Kier molecular flexibility index (Phi) is 10.6. The van der Waals surface area contributed by atoms with Crippen LogP contribution in [0.4, 0.5) is 0 Å². The summed E-state index contributed by atoms with van der Waals surface area (Å²) in [5.74, 6) is 0.479. The van der Waals surface area contributed by atoms with Crippen molar-refractivity contribution in [3.63, 3.8) is 0 Å². The molecule has 0 N–H and O–H groups in total. The first-order valence-electron chi connectivity index (χ1n) is 10.8. The highest BCUT2D eigenvalue weighted by molar-refractivity contribution is 6.74. The van der Waals surface area contributed by atoms with E-state index in [4.69, 9.17) is 13.9 Å². The lowest BCUT2D eigenvalue weighted by atomic mass is 10.1. The minimum atomic E-state index is -2.01. The quantitative estimate of drug-likeness (QED) is 0.120. The molecule has 0 aliphatic carbocycles. The third kappa shape index (κ3) is 9.31. The fourth-order valence-corrected chi connectivity index (χ4v) is 3.93. The molecule has 0 amide bonds. The van der Waals surface area contributed by atoms with Crippen LogP contribution in [0.1, 0.15) is 59.4 Å². The second-order valence-electron chi connectivity index (χ2n) is 9.16. The first-order chi connectivity index (χ1) is 14.0. The van der Waals surface area contributed by atoms with E-state index in [0.717, 1.165) is 18.6 Å². The molecule has 0 aliphatic heterocycles. The molecule has 2 atom stereocenters. The number of benzene rings is 1. The Labute approximate surface area is 184 Å². The van der Waals surface area contributed by atoms with Gasteiger partial charge in [-0.25, -0.2) is 0 Å². The van der Waals surface area contributed by atoms with Crippen molar-refractivity contribution < 1.29 is 18.7 Å². The van der Waals surface area contributed by atoms with Crippen LogP contribution in [0.25, 0.3) is 0 Å². The summed E-state index contributed by atoms with van der Waals surface area (Å²) in [6.07, 6.45) is 5.72. The van der Waals surface area contributed by atoms with E-state index >= 15 is 0 Å². The van der Waals surface area contributed by atoms with E-state index in [-0.39, 0.29) is 17.1 Å². The predicted molar refractivity (Wildman–Crippen MR) is 127 cm³/mol. The maximum atomic E-state index is 11.8. The molecule has 0 bridgehead atoms. The molecule has 0 saturated heterocycles. The topological polar surface area (TPSA) is 44.8 Å². The normalized spacial score (nSPS) is 14.7. The third-order valence-electron chi connectivity index (χ3n) is 5.37. The van der Waals surface area contributed by atoms with Crippen molar-refractivity contribution in [2.24, 2.45) is 0 Å². The predicted octanol–water partition coefficient (Wildman–Crippen LogP) is 6.79. The molecule has 1 unspecified atom stereocenters. The molecule has 0 radical (unpaired) electrons. The second-order valence-corrected chi connectivity index (χ2v) is 13.9. The van der Waals surface area contributed by atoms with Gasteiger partial charge < -0.3 is 13.9 Å². The molecule has 1 rings (SSSR count). The largest absolute Gasteiger partial charge is 0.547 e. The molecule has 5 heteroatoms. The SMILES string of the molecule is C=CC[C@@H](Cc1ccccc1)OC(C/C(=C/CC)O[Si](C)(C)C(C)(C)C)OC(C)=O. The molecule has 0 aromatic heterocycles. The number of carbonyl (C=O) groups excluding carboxylic acids is 1. The van der Waals surface area contributed by atoms with Crippen molar-refractivity contribution in [1.29, 1.82) is 0 Å². The lowest BCUT2D eigenvalue weighted by Gasteiger charge is -2.38. The minimum absolute atomic E-state index is 0.0797. The highest BCUT2D eigenvalue weighted by atomic mass is 28.4. The smallest absolute Gasteiger partial charge is 0.304 e. The number of carbonyl (C=O) groups is 1. The zero-order chi connectivity index (χ0) is 22.8. The Hall–Kier alpha value is -1.85. The van der Waals surface area contributed by atoms with Gasteiger partial charge in [-0.15, -0.1) is 6.58 Å². The Morgan fingerprint density at radius 3 is 2.33 bits per heavy atom. The molecule has 30 heavy (non-hydrogen) atoms. The number of esters is 1. The van der Waals surface area contributed by atoms with Crippen LogP contribution < -0.4 is 0 Å². The Bertz CT molecular complexity index is 689. The number of ether oxygens (including phenoxy) is 2. The highest BCUT2D eigenvalue weighted by Gasteiger charge is 2.39. The average Bonchev–Trinajstić information content (AvgIpc) is 2.61. The molecule has 0 heterocycles. The van der Waals surface area contributed by atoms with E-state index in [1.54, 1.807) is 0 Å². The number of allylic oxidation sites excluding steroid dienone is 1. The van der Waals surface area contributed by atoms with Crippen molar-refractivity contribution in [2.45, 2.75) is 90.8 Å². The van der Waals surface area contributed by atoms with Gasteiger partial charge in [-0.1, -0.05) is 64.1 Å². The first kappa shape index (κ1) is 26.2. The minimum Gasteiger partial charge on any atom is -0.547 e. The lowest BCUT2D eigenvalue weighted by Crippen LogP contribution is -2.41. The summed E-state index contributed by atoms with van der Waals surface area (Å²) in [7, 11) is -2.01. The molecular weight excluding hydrogens is 392 g/mol. The molecule has 0 spiro atoms. The highest BCUT2D eigenvalue weighted by Crippen LogP contribution is 2.38. The van der Waals surface area contributed by atoms with Crippen LogP contribution >= 0.6 is 0 Å². The molecule has 0 aliphatic rings. The fraction of sp³-hybridized carbons (Fsp3) is 0.560. The number of hydrogen-bond acceptors (Lipinski definition) is 4. The van der Waals surface area contributed by atoms with Crippen molar-refractivity contribution in [2.75, 3.05) is 0 Å². The van der Waals surface area contributed by atoms with E-state index in [0.29, 0.717) is 12.8 Å². The summed E-state index contributed by atoms with van der Waals surface area (Å²) < 4.78 is 18.3. The maximum absolute atomic E-state index is 11.8. The van der Waals surface area contributed by atoms with Gasteiger partial charge in [0.15, 0.2) is 0 Å². The van der Waals surface area contributed by atoms with Crippen LogP contribution in [0, 0.1) is 0 Å². The van der Waals surface area contributed by atoms with Crippen molar-refractivity contribution >= 4 is 14.3 Å². The van der Waals surface area contributed by atoms with Gasteiger partial charge in [0.05, 0.1) is 18.3 Å². The maximum Gasteiger partial charge on any atom is 0.304 e. The zero-order valence-electron chi connectivity index (χ0n) is 19.9. The third-order valence-corrected chi connectivity index (χ3v) is 9.75. The summed E-state index contributed by atoms with van der Waals surface area (Å²) in [4.78, 5) is 11.8. The Balaban J connectivity index is 2.99. The molecule has 1 aromatic carbocycles. The molecule has 4 nitrogen and oxygen atoms in total. The molecule has 0 fully saturated rings. The van der Waals surface area contributed by atoms with Crippen LogP contribution in [0.15, 0.2) is 54.8 Å². The van der Waals surface area contributed by atoms with E-state index in [9.17, 15) is 4.79 Å². The van der Waals surface area contributed by atoms with Crippen molar-refractivity contribution in [3.8, 4) is 0 Å². The number of hydrogen-bond donors (Lipinski definition) is 0. The summed E-state index contributed by atoms with van der Waals surface area (Å²) in [5.41, 5.74) is 1.17. The van der Waals surface area contributed by atoms with E-state index in [1.165, 1.54) is 12.5 Å². The molecule has 168 valence electrons. The van der Waals surface area contributed by atoms with Gasteiger partial charge in [0.2, 0.25) is 14.6 Å². The zero-order valence-corrected chi connectivity index (χ0v) is 20.9. The van der Waals surface area contributed by atoms with Gasteiger partial charge in [-0.05, 0) is 49.0 Å². The van der Waals surface area contributed by atoms with Gasteiger partial charge in [-0.2, -0.15) is 0 Å². The second kappa shape index (κ2) is 12.1. The molecular formula is C25H40O4Si. The number of rotatable bonds is 12. The first-order valence-corrected chi connectivity index (χ1v) is 13.7. The summed E-state index contributed by atoms with van der Waals surface area (Å²) >= 11 is 0. The summed E-state index contributed by atoms with van der Waals surface area (Å²) in [6, 6.07) is 10.2. The van der Waals surface area contributed by atoms with Gasteiger partial charge in [0.25, 0.3) is 0 Å². The summed E-state index contributed by atoms with van der Waals surface area (Å²) in [6.45, 7) is 18.4. The van der Waals surface area contributed by atoms with Crippen molar-refractivity contribution in [1.82, 2.24) is 0 Å².